The largest absolute Gasteiger partial charge is 0.315 e. The van der Waals surface area contributed by atoms with Crippen molar-refractivity contribution in [3.63, 3.8) is 0 Å². The molecule has 0 aliphatic carbocycles. The highest BCUT2D eigenvalue weighted by Gasteiger charge is 2.15. The van der Waals surface area contributed by atoms with Crippen molar-refractivity contribution in [1.82, 2.24) is 19.8 Å². The number of sulfonamides is 1. The van der Waals surface area contributed by atoms with Crippen LogP contribution in [0.5, 0.6) is 0 Å². The number of nitrogens with zero attached hydrogens (tertiary/aromatic N) is 2. The number of nitrogens with one attached hydrogen (secondary N) is 2. The topological polar surface area (TPSA) is 76.0 Å². The molecule has 0 atom stereocenters. The first-order valence-corrected chi connectivity index (χ1v) is 9.17. The number of rotatable bonds is 11. The third kappa shape index (κ3) is 7.06. The van der Waals surface area contributed by atoms with E-state index in [0.717, 1.165) is 32.4 Å². The summed E-state index contributed by atoms with van der Waals surface area (Å²) in [4.78, 5) is 0.238. The van der Waals surface area contributed by atoms with Crippen LogP contribution in [-0.2, 0) is 16.6 Å². The summed E-state index contributed by atoms with van der Waals surface area (Å²) < 4.78 is 28.5. The molecule has 0 unspecified atom stereocenters. The molecule has 0 saturated heterocycles. The molecule has 1 aromatic rings. The maximum absolute atomic E-state index is 12.1. The van der Waals surface area contributed by atoms with Gasteiger partial charge in [0.25, 0.3) is 0 Å². The summed E-state index contributed by atoms with van der Waals surface area (Å²) in [6.45, 7) is 9.26. The quantitative estimate of drug-likeness (QED) is 0.608. The summed E-state index contributed by atoms with van der Waals surface area (Å²) in [5.41, 5.74) is 0. The first-order valence-electron chi connectivity index (χ1n) is 7.68. The Morgan fingerprint density at radius 2 is 2.05 bits per heavy atom. The van der Waals surface area contributed by atoms with E-state index in [-0.39, 0.29) is 4.90 Å². The van der Waals surface area contributed by atoms with Gasteiger partial charge in [-0.3, -0.25) is 4.68 Å². The van der Waals surface area contributed by atoms with Crippen LogP contribution >= 0.6 is 0 Å². The standard InChI is InChI=1S/C14H28N4O2S/c1-4-7-15-9-10-18-12-14(11-16-18)21(19,20)17-8-5-6-13(2)3/h11-13,15,17H,4-10H2,1-3H3. The van der Waals surface area contributed by atoms with Crippen molar-refractivity contribution in [3.8, 4) is 0 Å². The van der Waals surface area contributed by atoms with E-state index in [4.69, 9.17) is 0 Å². The van der Waals surface area contributed by atoms with Crippen LogP contribution in [0.4, 0.5) is 0 Å². The number of aromatic nitrogens is 2. The minimum Gasteiger partial charge on any atom is -0.315 e. The lowest BCUT2D eigenvalue weighted by molar-refractivity contribution is 0.539. The van der Waals surface area contributed by atoms with Gasteiger partial charge in [-0.1, -0.05) is 20.8 Å². The second-order valence-corrected chi connectivity index (χ2v) is 7.39. The molecule has 6 nitrogen and oxygen atoms in total. The van der Waals surface area contributed by atoms with E-state index in [1.54, 1.807) is 10.9 Å². The molecule has 0 amide bonds. The van der Waals surface area contributed by atoms with Gasteiger partial charge in [0, 0.05) is 19.3 Å². The third-order valence-corrected chi connectivity index (χ3v) is 4.53. The summed E-state index contributed by atoms with van der Waals surface area (Å²) in [5.74, 6) is 0.591. The molecule has 0 radical (unpaired) electrons. The van der Waals surface area contributed by atoms with Crippen molar-refractivity contribution >= 4 is 10.0 Å². The first kappa shape index (κ1) is 18.1. The smallest absolute Gasteiger partial charge is 0.243 e. The second kappa shape index (κ2) is 9.17. The zero-order valence-electron chi connectivity index (χ0n) is 13.3. The molecule has 0 spiro atoms. The van der Waals surface area contributed by atoms with E-state index in [2.05, 4.69) is 35.9 Å². The molecule has 0 aromatic carbocycles. The minimum atomic E-state index is -3.43. The van der Waals surface area contributed by atoms with Crippen LogP contribution in [-0.4, -0.2) is 37.8 Å². The predicted octanol–water partition coefficient (Wildman–Crippen LogP) is 1.60. The van der Waals surface area contributed by atoms with Crippen LogP contribution < -0.4 is 10.0 Å². The summed E-state index contributed by atoms with van der Waals surface area (Å²) in [6, 6.07) is 0. The molecule has 2 N–H and O–H groups in total. The fourth-order valence-electron chi connectivity index (χ4n) is 1.90. The zero-order chi connectivity index (χ0) is 15.7. The summed E-state index contributed by atoms with van der Waals surface area (Å²) >= 11 is 0. The van der Waals surface area contributed by atoms with E-state index in [9.17, 15) is 8.42 Å². The Balaban J connectivity index is 2.42. The van der Waals surface area contributed by atoms with Crippen LogP contribution in [0.25, 0.3) is 0 Å². The Morgan fingerprint density at radius 3 is 2.71 bits per heavy atom. The summed E-state index contributed by atoms with van der Waals surface area (Å²) in [5, 5.41) is 7.35. The minimum absolute atomic E-state index is 0.238. The van der Waals surface area contributed by atoms with Gasteiger partial charge in [0.15, 0.2) is 0 Å². The van der Waals surface area contributed by atoms with Crippen LogP contribution in [0, 0.1) is 5.92 Å². The first-order chi connectivity index (χ1) is 9.95. The van der Waals surface area contributed by atoms with Crippen LogP contribution in [0.15, 0.2) is 17.3 Å². The summed E-state index contributed by atoms with van der Waals surface area (Å²) in [7, 11) is -3.43. The van der Waals surface area contributed by atoms with Crippen LogP contribution in [0.2, 0.25) is 0 Å². The van der Waals surface area contributed by atoms with Crippen molar-refractivity contribution in [2.45, 2.75) is 51.5 Å². The summed E-state index contributed by atoms with van der Waals surface area (Å²) in [6.07, 6.45) is 5.94. The Labute approximate surface area is 128 Å². The van der Waals surface area contributed by atoms with Gasteiger partial charge in [-0.05, 0) is 31.7 Å². The molecule has 0 fully saturated rings. The molecule has 0 aliphatic heterocycles. The van der Waals surface area contributed by atoms with Gasteiger partial charge in [-0.25, -0.2) is 13.1 Å². The normalized spacial score (nSPS) is 12.2. The van der Waals surface area contributed by atoms with Gasteiger partial charge in [-0.2, -0.15) is 5.10 Å². The molecule has 1 heterocycles. The molecule has 0 bridgehead atoms. The fraction of sp³-hybridized carbons (Fsp3) is 0.786. The highest BCUT2D eigenvalue weighted by Crippen LogP contribution is 2.08. The second-order valence-electron chi connectivity index (χ2n) is 5.62. The van der Waals surface area contributed by atoms with Gasteiger partial charge in [-0.15, -0.1) is 0 Å². The average molecular weight is 316 g/mol. The monoisotopic (exact) mass is 316 g/mol. The van der Waals surface area contributed by atoms with Gasteiger partial charge >= 0.3 is 0 Å². The number of hydrogen-bond donors (Lipinski definition) is 2. The van der Waals surface area contributed by atoms with Crippen molar-refractivity contribution in [3.05, 3.63) is 12.4 Å². The fourth-order valence-corrected chi connectivity index (χ4v) is 2.93. The van der Waals surface area contributed by atoms with E-state index in [0.29, 0.717) is 19.0 Å². The van der Waals surface area contributed by atoms with Crippen molar-refractivity contribution in [2.24, 2.45) is 5.92 Å². The molecule has 21 heavy (non-hydrogen) atoms. The lowest BCUT2D eigenvalue weighted by Gasteiger charge is -2.06. The SMILES string of the molecule is CCCNCCn1cc(S(=O)(=O)NCCCC(C)C)cn1. The average Bonchev–Trinajstić information content (AvgIpc) is 2.89. The van der Waals surface area contributed by atoms with Crippen molar-refractivity contribution < 1.29 is 8.42 Å². The highest BCUT2D eigenvalue weighted by atomic mass is 32.2. The van der Waals surface area contributed by atoms with E-state index in [1.807, 2.05) is 0 Å². The molecular weight excluding hydrogens is 288 g/mol. The Hall–Kier alpha value is -0.920. The van der Waals surface area contributed by atoms with Crippen molar-refractivity contribution in [2.75, 3.05) is 19.6 Å². The molecule has 7 heteroatoms. The molecular formula is C14H28N4O2S. The molecule has 0 aliphatic rings. The Morgan fingerprint density at radius 1 is 1.29 bits per heavy atom. The lowest BCUT2D eigenvalue weighted by atomic mass is 10.1. The predicted molar refractivity (Wildman–Crippen MR) is 84.6 cm³/mol. The van der Waals surface area contributed by atoms with Gasteiger partial charge in [0.05, 0.1) is 12.7 Å². The molecule has 122 valence electrons. The zero-order valence-corrected chi connectivity index (χ0v) is 14.1. The van der Waals surface area contributed by atoms with E-state index >= 15 is 0 Å². The molecule has 0 saturated carbocycles. The molecule has 1 aromatic heterocycles. The number of hydrogen-bond acceptors (Lipinski definition) is 4. The van der Waals surface area contributed by atoms with Gasteiger partial charge < -0.3 is 5.32 Å². The van der Waals surface area contributed by atoms with E-state index < -0.39 is 10.0 Å². The van der Waals surface area contributed by atoms with Crippen LogP contribution in [0.1, 0.15) is 40.0 Å². The Bertz CT molecular complexity index is 497. The maximum Gasteiger partial charge on any atom is 0.243 e. The molecule has 1 rings (SSSR count). The third-order valence-electron chi connectivity index (χ3n) is 3.11. The van der Waals surface area contributed by atoms with Gasteiger partial charge in [0.2, 0.25) is 10.0 Å². The van der Waals surface area contributed by atoms with Crippen LogP contribution in [0.3, 0.4) is 0 Å². The maximum atomic E-state index is 12.1. The highest BCUT2D eigenvalue weighted by molar-refractivity contribution is 7.89. The van der Waals surface area contributed by atoms with Crippen molar-refractivity contribution in [1.29, 1.82) is 0 Å². The lowest BCUT2D eigenvalue weighted by Crippen LogP contribution is -2.25. The van der Waals surface area contributed by atoms with E-state index in [1.165, 1.54) is 6.20 Å². The Kier molecular flexibility index (Phi) is 7.92. The van der Waals surface area contributed by atoms with Gasteiger partial charge in [0.1, 0.15) is 4.90 Å².